The highest BCUT2D eigenvalue weighted by atomic mass is 16.5. The number of hydrogen-bond acceptors (Lipinski definition) is 2. The van der Waals surface area contributed by atoms with E-state index >= 15 is 0 Å². The molecule has 0 saturated heterocycles. The van der Waals surface area contributed by atoms with Crippen molar-refractivity contribution in [2.75, 3.05) is 13.7 Å². The van der Waals surface area contributed by atoms with Gasteiger partial charge in [0.2, 0.25) is 0 Å². The van der Waals surface area contributed by atoms with Gasteiger partial charge < -0.3 is 9.84 Å². The van der Waals surface area contributed by atoms with E-state index in [1.165, 1.54) is 42.4 Å². The van der Waals surface area contributed by atoms with Crippen LogP contribution >= 0.6 is 0 Å². The number of ether oxygens (including phenoxy) is 1. The summed E-state index contributed by atoms with van der Waals surface area (Å²) in [6, 6.07) is 4.26. The van der Waals surface area contributed by atoms with E-state index in [0.717, 1.165) is 12.2 Å². The fourth-order valence-electron chi connectivity index (χ4n) is 2.82. The molecule has 1 aliphatic rings. The first kappa shape index (κ1) is 12.4. The SMILES string of the molecule is COc1ccc2c(c1C(C)CO)CCCCC2. The molecule has 0 bridgehead atoms. The fraction of sp³-hybridized carbons (Fsp3) is 0.600. The molecule has 1 aromatic rings. The van der Waals surface area contributed by atoms with E-state index in [-0.39, 0.29) is 12.5 Å². The molecule has 1 aliphatic carbocycles. The van der Waals surface area contributed by atoms with E-state index in [1.807, 2.05) is 0 Å². The van der Waals surface area contributed by atoms with E-state index in [1.54, 1.807) is 7.11 Å². The summed E-state index contributed by atoms with van der Waals surface area (Å²) in [4.78, 5) is 0. The third kappa shape index (κ3) is 2.47. The second kappa shape index (κ2) is 5.54. The van der Waals surface area contributed by atoms with Crippen molar-refractivity contribution >= 4 is 0 Å². The molecular formula is C15H22O2. The van der Waals surface area contributed by atoms with Gasteiger partial charge in [-0.3, -0.25) is 0 Å². The largest absolute Gasteiger partial charge is 0.496 e. The van der Waals surface area contributed by atoms with Gasteiger partial charge in [0.25, 0.3) is 0 Å². The van der Waals surface area contributed by atoms with Crippen molar-refractivity contribution in [3.8, 4) is 5.75 Å². The summed E-state index contributed by atoms with van der Waals surface area (Å²) < 4.78 is 5.46. The van der Waals surface area contributed by atoms with Crippen molar-refractivity contribution in [2.45, 2.75) is 44.9 Å². The first-order valence-corrected chi connectivity index (χ1v) is 6.57. The Morgan fingerprint density at radius 3 is 2.71 bits per heavy atom. The van der Waals surface area contributed by atoms with Gasteiger partial charge in [-0.25, -0.2) is 0 Å². The Morgan fingerprint density at radius 2 is 2.00 bits per heavy atom. The van der Waals surface area contributed by atoms with Crippen LogP contribution in [0.5, 0.6) is 5.75 Å². The Morgan fingerprint density at radius 1 is 1.24 bits per heavy atom. The highest BCUT2D eigenvalue weighted by Crippen LogP contribution is 2.35. The molecule has 0 spiro atoms. The Kier molecular flexibility index (Phi) is 4.06. The van der Waals surface area contributed by atoms with E-state index < -0.39 is 0 Å². The molecule has 1 aromatic carbocycles. The third-order valence-corrected chi connectivity index (χ3v) is 3.77. The smallest absolute Gasteiger partial charge is 0.122 e. The predicted molar refractivity (Wildman–Crippen MR) is 69.8 cm³/mol. The van der Waals surface area contributed by atoms with Crippen molar-refractivity contribution in [1.29, 1.82) is 0 Å². The first-order valence-electron chi connectivity index (χ1n) is 6.57. The van der Waals surface area contributed by atoms with Crippen LogP contribution in [0.3, 0.4) is 0 Å². The van der Waals surface area contributed by atoms with Crippen LogP contribution in [0.2, 0.25) is 0 Å². The van der Waals surface area contributed by atoms with Gasteiger partial charge in [-0.05, 0) is 42.9 Å². The number of aryl methyl sites for hydroxylation is 1. The van der Waals surface area contributed by atoms with Crippen molar-refractivity contribution in [3.63, 3.8) is 0 Å². The second-order valence-corrected chi connectivity index (χ2v) is 4.96. The molecule has 1 unspecified atom stereocenters. The van der Waals surface area contributed by atoms with Crippen molar-refractivity contribution < 1.29 is 9.84 Å². The van der Waals surface area contributed by atoms with Crippen molar-refractivity contribution in [3.05, 3.63) is 28.8 Å². The maximum absolute atomic E-state index is 9.42. The summed E-state index contributed by atoms with van der Waals surface area (Å²) in [6.45, 7) is 2.26. The van der Waals surface area contributed by atoms with Crippen LogP contribution < -0.4 is 4.74 Å². The van der Waals surface area contributed by atoms with Gasteiger partial charge in [-0.15, -0.1) is 0 Å². The highest BCUT2D eigenvalue weighted by Gasteiger charge is 2.19. The van der Waals surface area contributed by atoms with E-state index in [2.05, 4.69) is 19.1 Å². The topological polar surface area (TPSA) is 29.5 Å². The summed E-state index contributed by atoms with van der Waals surface area (Å²) >= 11 is 0. The Hall–Kier alpha value is -1.02. The standard InChI is InChI=1S/C15H22O2/c1-11(10-16)15-13-7-5-3-4-6-12(13)8-9-14(15)17-2/h8-9,11,16H,3-7,10H2,1-2H3. The monoisotopic (exact) mass is 234 g/mol. The summed E-state index contributed by atoms with van der Waals surface area (Å²) in [5.41, 5.74) is 4.12. The molecule has 0 saturated carbocycles. The minimum absolute atomic E-state index is 0.165. The maximum atomic E-state index is 9.42. The number of methoxy groups -OCH3 is 1. The molecule has 0 fully saturated rings. The number of aliphatic hydroxyl groups is 1. The van der Waals surface area contributed by atoms with Crippen LogP contribution in [-0.4, -0.2) is 18.8 Å². The number of fused-ring (bicyclic) bond motifs is 1. The molecular weight excluding hydrogens is 212 g/mol. The van der Waals surface area contributed by atoms with Crippen LogP contribution in [0.4, 0.5) is 0 Å². The first-order chi connectivity index (χ1) is 8.27. The van der Waals surface area contributed by atoms with Crippen LogP contribution in [0, 0.1) is 0 Å². The second-order valence-electron chi connectivity index (χ2n) is 4.96. The quantitative estimate of drug-likeness (QED) is 0.814. The molecule has 2 nitrogen and oxygen atoms in total. The molecule has 1 N–H and O–H groups in total. The third-order valence-electron chi connectivity index (χ3n) is 3.77. The zero-order chi connectivity index (χ0) is 12.3. The lowest BCUT2D eigenvalue weighted by molar-refractivity contribution is 0.269. The molecule has 2 heteroatoms. The van der Waals surface area contributed by atoms with Gasteiger partial charge in [0.1, 0.15) is 5.75 Å². The van der Waals surface area contributed by atoms with E-state index in [9.17, 15) is 5.11 Å². The summed E-state index contributed by atoms with van der Waals surface area (Å²) in [6.07, 6.45) is 6.15. The van der Waals surface area contributed by atoms with Gasteiger partial charge >= 0.3 is 0 Å². The van der Waals surface area contributed by atoms with Gasteiger partial charge in [-0.1, -0.05) is 19.4 Å². The molecule has 0 aromatic heterocycles. The molecule has 0 radical (unpaired) electrons. The summed E-state index contributed by atoms with van der Waals surface area (Å²) in [7, 11) is 1.71. The Bertz CT molecular complexity index is 385. The minimum Gasteiger partial charge on any atom is -0.496 e. The normalized spacial score (nSPS) is 17.1. The van der Waals surface area contributed by atoms with Crippen LogP contribution in [-0.2, 0) is 12.8 Å². The molecule has 1 atom stereocenters. The summed E-state index contributed by atoms with van der Waals surface area (Å²) in [5.74, 6) is 1.10. The lowest BCUT2D eigenvalue weighted by Crippen LogP contribution is -2.08. The Balaban J connectivity index is 2.50. The zero-order valence-electron chi connectivity index (χ0n) is 10.8. The number of benzene rings is 1. The highest BCUT2D eigenvalue weighted by molar-refractivity contribution is 5.48. The van der Waals surface area contributed by atoms with Crippen LogP contribution in [0.15, 0.2) is 12.1 Å². The number of aliphatic hydroxyl groups excluding tert-OH is 1. The van der Waals surface area contributed by atoms with Gasteiger partial charge in [0, 0.05) is 18.1 Å². The van der Waals surface area contributed by atoms with Gasteiger partial charge in [0.05, 0.1) is 7.11 Å². The molecule has 2 rings (SSSR count). The molecule has 94 valence electrons. The van der Waals surface area contributed by atoms with Gasteiger partial charge in [-0.2, -0.15) is 0 Å². The molecule has 0 amide bonds. The average Bonchev–Trinajstić information content (AvgIpc) is 2.61. The predicted octanol–water partition coefficient (Wildman–Crippen LogP) is 3.06. The fourth-order valence-corrected chi connectivity index (χ4v) is 2.82. The molecule has 17 heavy (non-hydrogen) atoms. The van der Waals surface area contributed by atoms with Crippen molar-refractivity contribution in [1.82, 2.24) is 0 Å². The van der Waals surface area contributed by atoms with Gasteiger partial charge in [0.15, 0.2) is 0 Å². The lowest BCUT2D eigenvalue weighted by atomic mass is 9.89. The Labute approximate surface area is 104 Å². The average molecular weight is 234 g/mol. The van der Waals surface area contributed by atoms with E-state index in [0.29, 0.717) is 0 Å². The van der Waals surface area contributed by atoms with Crippen LogP contribution in [0.1, 0.15) is 48.8 Å². The maximum Gasteiger partial charge on any atom is 0.122 e. The molecule has 0 heterocycles. The minimum atomic E-state index is 0.165. The van der Waals surface area contributed by atoms with Crippen LogP contribution in [0.25, 0.3) is 0 Å². The zero-order valence-corrected chi connectivity index (χ0v) is 10.8. The summed E-state index contributed by atoms with van der Waals surface area (Å²) in [5, 5.41) is 9.42. The van der Waals surface area contributed by atoms with Crippen molar-refractivity contribution in [2.24, 2.45) is 0 Å². The molecule has 0 aliphatic heterocycles. The number of rotatable bonds is 3. The van der Waals surface area contributed by atoms with E-state index in [4.69, 9.17) is 4.74 Å². The number of hydrogen-bond donors (Lipinski definition) is 1. The lowest BCUT2D eigenvalue weighted by Gasteiger charge is -2.20.